The Hall–Kier alpha value is -1.96. The van der Waals surface area contributed by atoms with Gasteiger partial charge in [-0.15, -0.1) is 5.10 Å². The third-order valence-electron chi connectivity index (χ3n) is 5.10. The molecule has 1 aliphatic heterocycles. The molecule has 1 aromatic carbocycles. The summed E-state index contributed by atoms with van der Waals surface area (Å²) in [6.45, 7) is 8.46. The number of piperazine rings is 1. The van der Waals surface area contributed by atoms with E-state index in [0.29, 0.717) is 5.82 Å². The lowest BCUT2D eigenvalue weighted by atomic mass is 10.0. The topological polar surface area (TPSA) is 59.3 Å². The molecule has 1 saturated heterocycles. The minimum absolute atomic E-state index is 0.127. The first-order valence-electron chi connectivity index (χ1n) is 8.80. The molecule has 0 spiro atoms. The lowest BCUT2D eigenvalue weighted by Gasteiger charge is -2.33. The average molecular weight is 359 g/mol. The summed E-state index contributed by atoms with van der Waals surface area (Å²) in [5.41, 5.74) is 2.50. The largest absolute Gasteiger partial charge is 0.492 e. The summed E-state index contributed by atoms with van der Waals surface area (Å²) in [4.78, 5) is 9.26. The van der Waals surface area contributed by atoms with Crippen LogP contribution >= 0.6 is 11.3 Å². The second kappa shape index (κ2) is 6.40. The number of aryl methyl sites for hydroxylation is 2. The summed E-state index contributed by atoms with van der Waals surface area (Å²) in [7, 11) is 2.25. The van der Waals surface area contributed by atoms with Gasteiger partial charge in [0.05, 0.1) is 7.05 Å². The number of quaternary nitrogens is 2. The molecule has 1 atom stereocenters. The molecule has 1 aliphatic rings. The van der Waals surface area contributed by atoms with Gasteiger partial charge in [0.2, 0.25) is 10.8 Å². The van der Waals surface area contributed by atoms with E-state index in [9.17, 15) is 5.11 Å². The Balaban J connectivity index is 1.81. The molecule has 0 unspecified atom stereocenters. The van der Waals surface area contributed by atoms with E-state index in [-0.39, 0.29) is 11.9 Å². The van der Waals surface area contributed by atoms with Crippen LogP contribution in [0.15, 0.2) is 24.3 Å². The van der Waals surface area contributed by atoms with Crippen molar-refractivity contribution in [2.75, 3.05) is 33.2 Å². The lowest BCUT2D eigenvalue weighted by Crippen LogP contribution is -3.27. The molecule has 0 amide bonds. The Morgan fingerprint density at radius 3 is 2.64 bits per heavy atom. The Labute approximate surface area is 151 Å². The molecule has 7 heteroatoms. The smallest absolute Gasteiger partial charge is 0.235 e. The van der Waals surface area contributed by atoms with Crippen LogP contribution in [0.2, 0.25) is 0 Å². The van der Waals surface area contributed by atoms with E-state index in [4.69, 9.17) is 0 Å². The Kier molecular flexibility index (Phi) is 4.23. The van der Waals surface area contributed by atoms with Crippen molar-refractivity contribution in [3.05, 3.63) is 46.1 Å². The number of hydrogen-bond acceptors (Lipinski definition) is 4. The Morgan fingerprint density at radius 1 is 1.20 bits per heavy atom. The van der Waals surface area contributed by atoms with Crippen LogP contribution in [-0.4, -0.2) is 52.9 Å². The number of aromatic nitrogens is 3. The predicted molar refractivity (Wildman–Crippen MR) is 97.6 cm³/mol. The SMILES string of the molecule is Cc1cccc([C@@H](c2sc3nc(C)nn3c2O)[NH+]2CC[NH+](C)CC2)c1. The summed E-state index contributed by atoms with van der Waals surface area (Å²) in [5.74, 6) is 0.932. The molecule has 132 valence electrons. The van der Waals surface area contributed by atoms with Crippen molar-refractivity contribution >= 4 is 16.3 Å². The van der Waals surface area contributed by atoms with Gasteiger partial charge in [-0.25, -0.2) is 4.98 Å². The van der Waals surface area contributed by atoms with E-state index >= 15 is 0 Å². The monoisotopic (exact) mass is 359 g/mol. The van der Waals surface area contributed by atoms with Crippen LogP contribution in [0.5, 0.6) is 5.88 Å². The quantitative estimate of drug-likeness (QED) is 0.597. The number of nitrogens with zero attached hydrogens (tertiary/aromatic N) is 3. The van der Waals surface area contributed by atoms with Gasteiger partial charge in [-0.1, -0.05) is 35.1 Å². The van der Waals surface area contributed by atoms with Crippen LogP contribution in [0.1, 0.15) is 27.9 Å². The summed E-state index contributed by atoms with van der Waals surface area (Å²) in [6, 6.07) is 8.77. The fourth-order valence-electron chi connectivity index (χ4n) is 3.74. The van der Waals surface area contributed by atoms with Crippen molar-refractivity contribution in [2.24, 2.45) is 0 Å². The number of hydrogen-bond donors (Lipinski definition) is 3. The zero-order valence-corrected chi connectivity index (χ0v) is 15.7. The number of likely N-dealkylation sites (N-methyl/N-ethyl adjacent to an activating group) is 1. The van der Waals surface area contributed by atoms with E-state index < -0.39 is 0 Å². The van der Waals surface area contributed by atoms with Crippen molar-refractivity contribution in [1.82, 2.24) is 14.6 Å². The Bertz CT molecular complexity index is 894. The van der Waals surface area contributed by atoms with Crippen LogP contribution in [-0.2, 0) is 0 Å². The van der Waals surface area contributed by atoms with Crippen molar-refractivity contribution in [2.45, 2.75) is 19.9 Å². The molecule has 2 aromatic heterocycles. The fourth-order valence-corrected chi connectivity index (χ4v) is 4.93. The van der Waals surface area contributed by atoms with E-state index in [2.05, 4.69) is 48.3 Å². The maximum Gasteiger partial charge on any atom is 0.235 e. The molecule has 0 radical (unpaired) electrons. The molecular formula is C18H25N5OS+2. The summed E-state index contributed by atoms with van der Waals surface area (Å²) in [6.07, 6.45) is 0. The van der Waals surface area contributed by atoms with E-state index in [1.54, 1.807) is 20.8 Å². The van der Waals surface area contributed by atoms with Crippen LogP contribution in [0.25, 0.3) is 4.96 Å². The van der Waals surface area contributed by atoms with Crippen LogP contribution in [0.3, 0.4) is 0 Å². The van der Waals surface area contributed by atoms with E-state index in [0.717, 1.165) is 36.0 Å². The van der Waals surface area contributed by atoms with Gasteiger partial charge in [-0.3, -0.25) is 0 Å². The van der Waals surface area contributed by atoms with Crippen LogP contribution in [0, 0.1) is 13.8 Å². The number of benzene rings is 1. The first kappa shape index (κ1) is 16.5. The van der Waals surface area contributed by atoms with Gasteiger partial charge >= 0.3 is 0 Å². The standard InChI is InChI=1S/C18H23N5OS/c1-12-5-4-6-14(11-12)15(22-9-7-21(3)8-10-22)16-17(24)23-18(25-16)19-13(2)20-23/h4-6,11,15,24H,7-10H2,1-3H3/p+2/t15-/m0/s1. The highest BCUT2D eigenvalue weighted by molar-refractivity contribution is 7.17. The maximum atomic E-state index is 10.8. The number of rotatable bonds is 3. The zero-order valence-electron chi connectivity index (χ0n) is 14.9. The van der Waals surface area contributed by atoms with Gasteiger partial charge in [-0.05, 0) is 19.9 Å². The highest BCUT2D eigenvalue weighted by Crippen LogP contribution is 2.35. The van der Waals surface area contributed by atoms with Gasteiger partial charge in [0.15, 0.2) is 6.04 Å². The first-order chi connectivity index (χ1) is 12.0. The lowest BCUT2D eigenvalue weighted by molar-refractivity contribution is -1.02. The van der Waals surface area contributed by atoms with Crippen molar-refractivity contribution in [3.8, 4) is 5.88 Å². The number of fused-ring (bicyclic) bond motifs is 1. The molecule has 4 rings (SSSR count). The van der Waals surface area contributed by atoms with Gasteiger partial charge in [0.25, 0.3) is 0 Å². The number of aromatic hydroxyl groups is 1. The minimum atomic E-state index is 0.127. The molecule has 0 bridgehead atoms. The van der Waals surface area contributed by atoms with Crippen molar-refractivity contribution in [1.29, 1.82) is 0 Å². The third kappa shape index (κ3) is 3.03. The Morgan fingerprint density at radius 2 is 1.96 bits per heavy atom. The minimum Gasteiger partial charge on any atom is -0.492 e. The summed E-state index contributed by atoms with van der Waals surface area (Å²) >= 11 is 1.56. The molecule has 3 aromatic rings. The molecule has 25 heavy (non-hydrogen) atoms. The van der Waals surface area contributed by atoms with Crippen LogP contribution < -0.4 is 9.80 Å². The number of nitrogens with one attached hydrogen (secondary N) is 2. The molecule has 3 heterocycles. The summed E-state index contributed by atoms with van der Waals surface area (Å²) < 4.78 is 1.58. The zero-order chi connectivity index (χ0) is 17.6. The average Bonchev–Trinajstić information content (AvgIpc) is 3.08. The molecular weight excluding hydrogens is 334 g/mol. The van der Waals surface area contributed by atoms with Gasteiger partial charge < -0.3 is 14.9 Å². The molecule has 6 nitrogen and oxygen atoms in total. The fraction of sp³-hybridized carbons (Fsp3) is 0.444. The predicted octanol–water partition coefficient (Wildman–Crippen LogP) is -0.384. The molecule has 0 aliphatic carbocycles. The first-order valence-corrected chi connectivity index (χ1v) is 9.62. The highest BCUT2D eigenvalue weighted by atomic mass is 32.1. The van der Waals surface area contributed by atoms with Crippen molar-refractivity contribution < 1.29 is 14.9 Å². The second-order valence-electron chi connectivity index (χ2n) is 7.11. The third-order valence-corrected chi connectivity index (χ3v) is 6.18. The molecule has 3 N–H and O–H groups in total. The highest BCUT2D eigenvalue weighted by Gasteiger charge is 2.35. The number of thiazole rings is 1. The normalized spacial score (nSPS) is 22.4. The van der Waals surface area contributed by atoms with Crippen LogP contribution in [0.4, 0.5) is 0 Å². The summed E-state index contributed by atoms with van der Waals surface area (Å²) in [5, 5.41) is 15.2. The van der Waals surface area contributed by atoms with Gasteiger partial charge in [0, 0.05) is 5.56 Å². The molecule has 0 saturated carbocycles. The maximum absolute atomic E-state index is 10.8. The van der Waals surface area contributed by atoms with E-state index in [1.165, 1.54) is 16.0 Å². The van der Waals surface area contributed by atoms with Crippen molar-refractivity contribution in [3.63, 3.8) is 0 Å². The van der Waals surface area contributed by atoms with E-state index in [1.807, 2.05) is 6.92 Å². The van der Waals surface area contributed by atoms with Gasteiger partial charge in [-0.2, -0.15) is 4.52 Å². The second-order valence-corrected chi connectivity index (χ2v) is 8.11. The van der Waals surface area contributed by atoms with Gasteiger partial charge in [0.1, 0.15) is 36.9 Å². The molecule has 1 fully saturated rings.